The van der Waals surface area contributed by atoms with Crippen LogP contribution in [0.5, 0.6) is 0 Å². The van der Waals surface area contributed by atoms with E-state index in [-0.39, 0.29) is 23.5 Å². The minimum absolute atomic E-state index is 0.0580. The first-order valence-electron chi connectivity index (χ1n) is 4.90. The Hall–Kier alpha value is -0.610. The van der Waals surface area contributed by atoms with Crippen molar-refractivity contribution in [1.29, 1.82) is 0 Å². The first-order valence-corrected chi connectivity index (χ1v) is 4.90. The number of methoxy groups -OCH3 is 1. The molecule has 0 radical (unpaired) electrons. The fourth-order valence-electron chi connectivity index (χ4n) is 1.54. The highest BCUT2D eigenvalue weighted by Gasteiger charge is 2.48. The zero-order chi connectivity index (χ0) is 10.9. The number of rotatable bonds is 3. The molecule has 0 aromatic carbocycles. The molecular weight excluding hydrogens is 182 g/mol. The monoisotopic (exact) mass is 201 g/mol. The van der Waals surface area contributed by atoms with E-state index in [1.54, 1.807) is 6.92 Å². The third kappa shape index (κ3) is 1.91. The van der Waals surface area contributed by atoms with Gasteiger partial charge < -0.3 is 15.2 Å². The predicted octanol–water partition coefficient (Wildman–Crippen LogP) is 0.297. The summed E-state index contributed by atoms with van der Waals surface area (Å²) in [6.45, 7) is 5.60. The van der Waals surface area contributed by atoms with E-state index < -0.39 is 6.10 Å². The van der Waals surface area contributed by atoms with E-state index in [2.05, 4.69) is 5.32 Å². The summed E-state index contributed by atoms with van der Waals surface area (Å²) in [6.07, 6.45) is -0.107. The largest absolute Gasteiger partial charge is 0.392 e. The van der Waals surface area contributed by atoms with Gasteiger partial charge in [-0.2, -0.15) is 0 Å². The second-order valence-corrected chi connectivity index (χ2v) is 4.51. The van der Waals surface area contributed by atoms with Gasteiger partial charge >= 0.3 is 0 Å². The van der Waals surface area contributed by atoms with E-state index in [0.29, 0.717) is 6.42 Å². The van der Waals surface area contributed by atoms with Crippen LogP contribution in [-0.2, 0) is 9.53 Å². The summed E-state index contributed by atoms with van der Waals surface area (Å²) in [5.74, 6) is -0.113. The lowest BCUT2D eigenvalue weighted by Gasteiger charge is -2.49. The lowest BCUT2D eigenvalue weighted by molar-refractivity contribution is -0.137. The average molecular weight is 201 g/mol. The summed E-state index contributed by atoms with van der Waals surface area (Å²) in [5, 5.41) is 12.3. The van der Waals surface area contributed by atoms with Crippen LogP contribution < -0.4 is 5.32 Å². The summed E-state index contributed by atoms with van der Waals surface area (Å²) < 4.78 is 4.90. The number of carbonyl (C=O) groups excluding carboxylic acids is 1. The number of hydrogen-bond acceptors (Lipinski definition) is 3. The average Bonchev–Trinajstić information content (AvgIpc) is 2.16. The highest BCUT2D eigenvalue weighted by atomic mass is 16.5. The fourth-order valence-corrected chi connectivity index (χ4v) is 1.54. The van der Waals surface area contributed by atoms with Gasteiger partial charge in [-0.05, 0) is 13.3 Å². The molecule has 1 rings (SSSR count). The molecule has 1 aliphatic carbocycles. The van der Waals surface area contributed by atoms with E-state index in [1.165, 1.54) is 7.11 Å². The molecule has 1 saturated carbocycles. The SMILES string of the molecule is COC(C)C(=O)NC1CC(O)C1(C)C. The molecule has 0 heterocycles. The van der Waals surface area contributed by atoms with E-state index in [9.17, 15) is 9.90 Å². The lowest BCUT2D eigenvalue weighted by Crippen LogP contribution is -2.62. The van der Waals surface area contributed by atoms with Crippen LogP contribution in [0.4, 0.5) is 0 Å². The Balaban J connectivity index is 2.44. The molecule has 2 N–H and O–H groups in total. The summed E-state index contributed by atoms with van der Waals surface area (Å²) in [5.41, 5.74) is -0.219. The molecular formula is C10H19NO3. The third-order valence-corrected chi connectivity index (χ3v) is 3.26. The van der Waals surface area contributed by atoms with Crippen molar-refractivity contribution < 1.29 is 14.6 Å². The normalized spacial score (nSPS) is 31.8. The first kappa shape index (κ1) is 11.5. The van der Waals surface area contributed by atoms with Crippen LogP contribution in [0.15, 0.2) is 0 Å². The van der Waals surface area contributed by atoms with Crippen LogP contribution in [-0.4, -0.2) is 36.4 Å². The van der Waals surface area contributed by atoms with E-state index >= 15 is 0 Å². The molecule has 3 atom stereocenters. The standard InChI is InChI=1S/C10H19NO3/c1-6(14-4)9(13)11-7-5-8(12)10(7,2)3/h6-8,12H,5H2,1-4H3,(H,11,13). The van der Waals surface area contributed by atoms with Gasteiger partial charge in [0.2, 0.25) is 5.91 Å². The summed E-state index contributed by atoms with van der Waals surface area (Å²) >= 11 is 0. The Morgan fingerprint density at radius 2 is 2.21 bits per heavy atom. The van der Waals surface area contributed by atoms with Crippen LogP contribution >= 0.6 is 0 Å². The van der Waals surface area contributed by atoms with Gasteiger partial charge in [-0.1, -0.05) is 13.8 Å². The van der Waals surface area contributed by atoms with Crippen molar-refractivity contribution in [2.24, 2.45) is 5.41 Å². The second kappa shape index (κ2) is 3.87. The molecule has 0 aliphatic heterocycles. The van der Waals surface area contributed by atoms with Crippen molar-refractivity contribution >= 4 is 5.91 Å². The van der Waals surface area contributed by atoms with Crippen LogP contribution in [0.1, 0.15) is 27.2 Å². The number of aliphatic hydroxyl groups is 1. The van der Waals surface area contributed by atoms with Gasteiger partial charge in [-0.3, -0.25) is 4.79 Å². The van der Waals surface area contributed by atoms with Crippen molar-refractivity contribution in [3.05, 3.63) is 0 Å². The number of ether oxygens (including phenoxy) is 1. The Labute approximate surface area is 84.6 Å². The molecule has 0 bridgehead atoms. The van der Waals surface area contributed by atoms with Gasteiger partial charge in [-0.25, -0.2) is 0 Å². The lowest BCUT2D eigenvalue weighted by atomic mass is 9.64. The summed E-state index contributed by atoms with van der Waals surface area (Å²) in [6, 6.07) is 0.0580. The molecule has 1 fully saturated rings. The Kier molecular flexibility index (Phi) is 3.17. The van der Waals surface area contributed by atoms with Crippen molar-refractivity contribution in [2.45, 2.75) is 45.4 Å². The van der Waals surface area contributed by atoms with E-state index in [1.807, 2.05) is 13.8 Å². The molecule has 1 amide bonds. The Morgan fingerprint density at radius 3 is 2.57 bits per heavy atom. The quantitative estimate of drug-likeness (QED) is 0.690. The Morgan fingerprint density at radius 1 is 1.64 bits per heavy atom. The van der Waals surface area contributed by atoms with Gasteiger partial charge in [0.15, 0.2) is 0 Å². The molecule has 82 valence electrons. The highest BCUT2D eigenvalue weighted by molar-refractivity contribution is 5.80. The van der Waals surface area contributed by atoms with Crippen LogP contribution in [0, 0.1) is 5.41 Å². The zero-order valence-corrected chi connectivity index (χ0v) is 9.20. The molecule has 0 spiro atoms. The molecule has 0 saturated heterocycles. The second-order valence-electron chi connectivity index (χ2n) is 4.51. The number of amides is 1. The van der Waals surface area contributed by atoms with Crippen LogP contribution in [0.3, 0.4) is 0 Å². The van der Waals surface area contributed by atoms with Gasteiger partial charge in [0.05, 0.1) is 6.10 Å². The zero-order valence-electron chi connectivity index (χ0n) is 9.20. The minimum atomic E-state index is -0.427. The van der Waals surface area contributed by atoms with Gasteiger partial charge in [0.25, 0.3) is 0 Å². The number of nitrogens with one attached hydrogen (secondary N) is 1. The van der Waals surface area contributed by atoms with Crippen LogP contribution in [0.25, 0.3) is 0 Å². The maximum Gasteiger partial charge on any atom is 0.249 e. The molecule has 0 aromatic rings. The van der Waals surface area contributed by atoms with Crippen molar-refractivity contribution in [3.8, 4) is 0 Å². The van der Waals surface area contributed by atoms with Crippen molar-refractivity contribution in [2.75, 3.05) is 7.11 Å². The van der Waals surface area contributed by atoms with E-state index in [0.717, 1.165) is 0 Å². The summed E-state index contributed by atoms with van der Waals surface area (Å²) in [4.78, 5) is 11.5. The molecule has 4 heteroatoms. The number of carbonyl (C=O) groups is 1. The number of hydrogen-bond donors (Lipinski definition) is 2. The Bertz CT molecular complexity index is 227. The molecule has 1 aliphatic rings. The fraction of sp³-hybridized carbons (Fsp3) is 0.900. The van der Waals surface area contributed by atoms with Gasteiger partial charge in [0.1, 0.15) is 6.10 Å². The molecule has 0 aromatic heterocycles. The number of aliphatic hydroxyl groups excluding tert-OH is 1. The summed E-state index contributed by atoms with van der Waals surface area (Å²) in [7, 11) is 1.50. The molecule has 14 heavy (non-hydrogen) atoms. The topological polar surface area (TPSA) is 58.6 Å². The maximum atomic E-state index is 11.5. The molecule has 3 unspecified atom stereocenters. The third-order valence-electron chi connectivity index (χ3n) is 3.26. The predicted molar refractivity (Wildman–Crippen MR) is 52.8 cm³/mol. The van der Waals surface area contributed by atoms with E-state index in [4.69, 9.17) is 4.74 Å². The highest BCUT2D eigenvalue weighted by Crippen LogP contribution is 2.40. The first-order chi connectivity index (χ1) is 6.39. The van der Waals surface area contributed by atoms with Crippen molar-refractivity contribution in [3.63, 3.8) is 0 Å². The van der Waals surface area contributed by atoms with Gasteiger partial charge in [-0.15, -0.1) is 0 Å². The van der Waals surface area contributed by atoms with Crippen LogP contribution in [0.2, 0.25) is 0 Å². The van der Waals surface area contributed by atoms with Crippen molar-refractivity contribution in [1.82, 2.24) is 5.32 Å². The van der Waals surface area contributed by atoms with Gasteiger partial charge in [0, 0.05) is 18.6 Å². The minimum Gasteiger partial charge on any atom is -0.392 e. The smallest absolute Gasteiger partial charge is 0.249 e. The molecule has 4 nitrogen and oxygen atoms in total. The maximum absolute atomic E-state index is 11.5.